The van der Waals surface area contributed by atoms with Crippen molar-refractivity contribution in [2.75, 3.05) is 15.7 Å². The van der Waals surface area contributed by atoms with Gasteiger partial charge in [-0.25, -0.2) is 0 Å². The van der Waals surface area contributed by atoms with Gasteiger partial charge in [-0.05, 0) is 12.1 Å². The molecule has 5 N–H and O–H groups in total. The van der Waals surface area contributed by atoms with E-state index in [1.807, 2.05) is 0 Å². The van der Waals surface area contributed by atoms with Gasteiger partial charge in [0, 0.05) is 29.1 Å². The molecule has 1 unspecified atom stereocenters. The van der Waals surface area contributed by atoms with Crippen molar-refractivity contribution >= 4 is 34.4 Å². The Morgan fingerprint density at radius 2 is 1.58 bits per heavy atom. The molecule has 33 heavy (non-hydrogen) atoms. The molecule has 180 valence electrons. The standard InChI is InChI=1S/C14H10ClN7O11/c15-13-11-7(1-5(18(24)25)2-8(11)20(28)29)17(23)14(16-13)12-9(21(30)31)3-6(19(26)27)4-10(12)22(32)33/h1-4,14,16,28,30-32H/q-6. The van der Waals surface area contributed by atoms with Crippen molar-refractivity contribution in [2.45, 2.75) is 6.17 Å². The minimum atomic E-state index is -1.96. The summed E-state index contributed by atoms with van der Waals surface area (Å²) < 4.78 is 0. The molecule has 0 spiro atoms. The van der Waals surface area contributed by atoms with Crippen molar-refractivity contribution in [3.8, 4) is 0 Å². The summed E-state index contributed by atoms with van der Waals surface area (Å²) in [6.07, 6.45) is -0.682. The Hall–Kier alpha value is -3.56. The second-order valence-electron chi connectivity index (χ2n) is 6.29. The molecule has 0 bridgehead atoms. The van der Waals surface area contributed by atoms with Crippen LogP contribution in [0.5, 0.6) is 0 Å². The number of nitrogens with zero attached hydrogens (tertiary/aromatic N) is 6. The first-order valence-corrected chi connectivity index (χ1v) is 8.63. The molecule has 1 aromatic rings. The SMILES string of the molecule is [O-]N(O)C1=CC(=[N+]([O-])[O-])C=C2C1=C(Cl)NC(c1c(N([O-])O)cc(N([O-])[O-])cc1N(O)O)N2[O-]. The van der Waals surface area contributed by atoms with E-state index in [4.69, 9.17) is 11.6 Å². The lowest BCUT2D eigenvalue weighted by molar-refractivity contribution is -0.377. The van der Waals surface area contributed by atoms with Gasteiger partial charge >= 0.3 is 0 Å². The summed E-state index contributed by atoms with van der Waals surface area (Å²) in [5.74, 6) is 0. The first-order chi connectivity index (χ1) is 15.3. The molecule has 0 saturated carbocycles. The van der Waals surface area contributed by atoms with Crippen molar-refractivity contribution in [1.82, 2.24) is 15.6 Å². The third kappa shape index (κ3) is 4.24. The van der Waals surface area contributed by atoms with E-state index in [1.165, 1.54) is 0 Å². The number of rotatable bonds is 5. The molecule has 1 aliphatic carbocycles. The summed E-state index contributed by atoms with van der Waals surface area (Å²) in [6, 6.07) is 1.04. The van der Waals surface area contributed by atoms with Gasteiger partial charge in [-0.3, -0.25) is 20.8 Å². The number of benzene rings is 1. The van der Waals surface area contributed by atoms with E-state index in [2.05, 4.69) is 5.32 Å². The zero-order valence-electron chi connectivity index (χ0n) is 15.6. The quantitative estimate of drug-likeness (QED) is 0.220. The van der Waals surface area contributed by atoms with Gasteiger partial charge in [-0.2, -0.15) is 4.90 Å². The van der Waals surface area contributed by atoms with Gasteiger partial charge in [0.2, 0.25) is 5.71 Å². The van der Waals surface area contributed by atoms with Crippen molar-refractivity contribution in [3.05, 3.63) is 88.4 Å². The van der Waals surface area contributed by atoms with E-state index in [0.29, 0.717) is 24.3 Å². The number of hydrogen-bond acceptors (Lipinski definition) is 17. The second-order valence-corrected chi connectivity index (χ2v) is 6.67. The third-order valence-corrected chi connectivity index (χ3v) is 4.78. The molecule has 1 heterocycles. The largest absolute Gasteiger partial charge is 0.769 e. The Kier molecular flexibility index (Phi) is 6.40. The molecule has 1 aromatic carbocycles. The molecule has 0 amide bonds. The van der Waals surface area contributed by atoms with E-state index >= 15 is 0 Å². The third-order valence-electron chi connectivity index (χ3n) is 4.48. The monoisotopic (exact) mass is 487 g/mol. The van der Waals surface area contributed by atoms with Gasteiger partial charge in [0.25, 0.3) is 0 Å². The fraction of sp³-hybridized carbons (Fsp3) is 0.0714. The highest BCUT2D eigenvalue weighted by Gasteiger charge is 2.35. The normalized spacial score (nSPS) is 17.7. The molecule has 0 fully saturated rings. The van der Waals surface area contributed by atoms with Crippen molar-refractivity contribution < 1.29 is 25.7 Å². The summed E-state index contributed by atoms with van der Waals surface area (Å²) in [5.41, 5.74) is -6.41. The minimum absolute atomic E-state index is 0.109. The van der Waals surface area contributed by atoms with Crippen LogP contribution in [0.2, 0.25) is 0 Å². The van der Waals surface area contributed by atoms with Gasteiger partial charge in [0.15, 0.2) is 0 Å². The molecule has 0 aromatic heterocycles. The van der Waals surface area contributed by atoms with E-state index in [-0.39, 0.29) is 5.06 Å². The van der Waals surface area contributed by atoms with Gasteiger partial charge in [0.05, 0.1) is 17.0 Å². The average molecular weight is 488 g/mol. The molecule has 19 heteroatoms. The van der Waals surface area contributed by atoms with Gasteiger partial charge in [-0.15, -0.1) is 5.23 Å². The van der Waals surface area contributed by atoms with E-state index in [1.54, 1.807) is 0 Å². The molecular weight excluding hydrogens is 478 g/mol. The number of halogens is 1. The fourth-order valence-electron chi connectivity index (χ4n) is 3.15. The maximum Gasteiger partial charge on any atom is 0.226 e. The number of nitrogens with one attached hydrogen (secondary N) is 1. The summed E-state index contributed by atoms with van der Waals surface area (Å²) in [4.78, 5) is -0.995. The van der Waals surface area contributed by atoms with Gasteiger partial charge < -0.3 is 62.5 Å². The Morgan fingerprint density at radius 3 is 2.06 bits per heavy atom. The molecule has 1 aliphatic heterocycles. The smallest absolute Gasteiger partial charge is 0.226 e. The molecule has 0 radical (unpaired) electrons. The molecular formula is C14H10ClN7O11-6. The minimum Gasteiger partial charge on any atom is -0.769 e. The van der Waals surface area contributed by atoms with Crippen LogP contribution >= 0.6 is 11.6 Å². The average Bonchev–Trinajstić information content (AvgIpc) is 2.74. The maximum atomic E-state index is 13.1. The summed E-state index contributed by atoms with van der Waals surface area (Å²) in [7, 11) is 0. The zero-order chi connectivity index (χ0) is 24.8. The van der Waals surface area contributed by atoms with Crippen molar-refractivity contribution in [3.63, 3.8) is 0 Å². The Balaban J connectivity index is 2.28. The number of hydroxylamine groups is 4. The molecule has 1 atom stereocenters. The highest BCUT2D eigenvalue weighted by atomic mass is 35.5. The second kappa shape index (κ2) is 8.76. The van der Waals surface area contributed by atoms with Crippen LogP contribution in [0.4, 0.5) is 17.1 Å². The van der Waals surface area contributed by atoms with E-state index < -0.39 is 82.4 Å². The van der Waals surface area contributed by atoms with Crippen LogP contribution in [0.3, 0.4) is 0 Å². The van der Waals surface area contributed by atoms with Gasteiger partial charge in [-0.1, -0.05) is 11.6 Å². The van der Waals surface area contributed by atoms with Gasteiger partial charge in [0.1, 0.15) is 17.0 Å². The lowest BCUT2D eigenvalue weighted by Crippen LogP contribution is -2.42. The van der Waals surface area contributed by atoms with Crippen LogP contribution in [0.15, 0.2) is 46.4 Å². The van der Waals surface area contributed by atoms with Crippen LogP contribution < -0.4 is 21.0 Å². The fourth-order valence-corrected chi connectivity index (χ4v) is 3.45. The van der Waals surface area contributed by atoms with Crippen LogP contribution in [0, 0.1) is 36.5 Å². The summed E-state index contributed by atoms with van der Waals surface area (Å²) in [5, 5.41) is 117. The molecule has 2 aliphatic rings. The zero-order valence-corrected chi connectivity index (χ0v) is 16.4. The number of anilines is 3. The van der Waals surface area contributed by atoms with E-state index in [9.17, 15) is 57.3 Å². The van der Waals surface area contributed by atoms with Crippen LogP contribution in [0.1, 0.15) is 11.7 Å². The van der Waals surface area contributed by atoms with E-state index in [0.717, 1.165) is 0 Å². The molecule has 3 rings (SSSR count). The lowest BCUT2D eigenvalue weighted by atomic mass is 9.97. The first kappa shape index (κ1) is 24.1. The Morgan fingerprint density at radius 1 is 0.970 bits per heavy atom. The number of allylic oxidation sites excluding steroid dienone is 2. The van der Waals surface area contributed by atoms with Crippen LogP contribution in [0.25, 0.3) is 0 Å². The Bertz CT molecular complexity index is 1050. The van der Waals surface area contributed by atoms with Crippen molar-refractivity contribution in [1.29, 1.82) is 0 Å². The topological polar surface area (TPSA) is 274 Å². The first-order valence-electron chi connectivity index (χ1n) is 8.25. The predicted octanol–water partition coefficient (Wildman–Crippen LogP) is 1.04. The lowest BCUT2D eigenvalue weighted by Gasteiger charge is -2.49. The summed E-state index contributed by atoms with van der Waals surface area (Å²) in [6.45, 7) is 0. The summed E-state index contributed by atoms with van der Waals surface area (Å²) >= 11 is 6.08. The maximum absolute atomic E-state index is 13.1. The van der Waals surface area contributed by atoms with Crippen molar-refractivity contribution in [2.24, 2.45) is 0 Å². The molecule has 0 saturated heterocycles. The van der Waals surface area contributed by atoms with Crippen LogP contribution in [-0.2, 0) is 0 Å². The predicted molar refractivity (Wildman–Crippen MR) is 108 cm³/mol. The molecule has 18 nitrogen and oxygen atoms in total. The highest BCUT2D eigenvalue weighted by Crippen LogP contribution is 2.45. The number of hydrogen-bond donors (Lipinski definition) is 5. The van der Waals surface area contributed by atoms with Crippen LogP contribution in [-0.4, -0.2) is 41.7 Å². The Labute approximate surface area is 186 Å². The number of fused-ring (bicyclic) bond motifs is 1. The highest BCUT2D eigenvalue weighted by molar-refractivity contribution is 6.30.